The van der Waals surface area contributed by atoms with Crippen LogP contribution >= 0.6 is 11.3 Å². The number of rotatable bonds is 0. The van der Waals surface area contributed by atoms with Crippen molar-refractivity contribution in [3.05, 3.63) is 36.7 Å². The van der Waals surface area contributed by atoms with Gasteiger partial charge in [-0.05, 0) is 18.2 Å². The Morgan fingerprint density at radius 3 is 2.86 bits per heavy atom. The molecular formula is C11H8N2S. The van der Waals surface area contributed by atoms with Gasteiger partial charge in [-0.3, -0.25) is 4.98 Å². The van der Waals surface area contributed by atoms with E-state index in [1.54, 1.807) is 11.3 Å². The van der Waals surface area contributed by atoms with E-state index in [1.165, 1.54) is 20.2 Å². The van der Waals surface area contributed by atoms with Gasteiger partial charge in [-0.15, -0.1) is 11.3 Å². The van der Waals surface area contributed by atoms with Crippen LogP contribution in [0.1, 0.15) is 0 Å². The van der Waals surface area contributed by atoms with Crippen LogP contribution in [0.4, 0.5) is 5.69 Å². The van der Waals surface area contributed by atoms with E-state index in [-0.39, 0.29) is 0 Å². The summed E-state index contributed by atoms with van der Waals surface area (Å²) >= 11 is 1.73. The van der Waals surface area contributed by atoms with Crippen molar-refractivity contribution < 1.29 is 0 Å². The standard InChI is InChI=1S/C11H8N2S/c12-7-1-2-8-9-3-4-13-6-11(9)14-10(8)5-7/h1-6H,12H2. The molecule has 0 bridgehead atoms. The lowest BCUT2D eigenvalue weighted by molar-refractivity contribution is 1.37. The van der Waals surface area contributed by atoms with E-state index < -0.39 is 0 Å². The van der Waals surface area contributed by atoms with Crippen LogP contribution in [0.3, 0.4) is 0 Å². The highest BCUT2D eigenvalue weighted by Crippen LogP contribution is 2.33. The SMILES string of the molecule is Nc1ccc2c(c1)sc1cnccc12. The zero-order chi connectivity index (χ0) is 9.54. The summed E-state index contributed by atoms with van der Waals surface area (Å²) in [5.41, 5.74) is 6.55. The minimum Gasteiger partial charge on any atom is -0.399 e. The summed E-state index contributed by atoms with van der Waals surface area (Å²) in [5, 5.41) is 2.53. The molecule has 0 saturated carbocycles. The molecule has 0 atom stereocenters. The van der Waals surface area contributed by atoms with Gasteiger partial charge in [0.25, 0.3) is 0 Å². The van der Waals surface area contributed by atoms with Gasteiger partial charge < -0.3 is 5.73 Å². The molecule has 0 radical (unpaired) electrons. The smallest absolute Gasteiger partial charge is 0.0538 e. The Bertz CT molecular complexity index is 613. The number of aromatic nitrogens is 1. The van der Waals surface area contributed by atoms with Crippen molar-refractivity contribution >= 4 is 37.2 Å². The number of fused-ring (bicyclic) bond motifs is 3. The number of benzene rings is 1. The molecule has 0 amide bonds. The lowest BCUT2D eigenvalue weighted by atomic mass is 10.2. The zero-order valence-corrected chi connectivity index (χ0v) is 8.21. The average Bonchev–Trinajstić information content (AvgIpc) is 2.54. The molecular weight excluding hydrogens is 192 g/mol. The second-order valence-corrected chi connectivity index (χ2v) is 4.31. The Morgan fingerprint density at radius 2 is 1.93 bits per heavy atom. The fourth-order valence-corrected chi connectivity index (χ4v) is 2.77. The van der Waals surface area contributed by atoms with Crippen LogP contribution in [0.2, 0.25) is 0 Å². The fraction of sp³-hybridized carbons (Fsp3) is 0. The number of thiophene rings is 1. The number of nitrogens with two attached hydrogens (primary N) is 1. The first-order valence-corrected chi connectivity index (χ1v) is 5.18. The van der Waals surface area contributed by atoms with Gasteiger partial charge in [0.15, 0.2) is 0 Å². The Balaban J connectivity index is 2.57. The van der Waals surface area contributed by atoms with Gasteiger partial charge in [0, 0.05) is 33.6 Å². The molecule has 0 aliphatic heterocycles. The molecule has 0 saturated heterocycles. The van der Waals surface area contributed by atoms with Crippen molar-refractivity contribution in [3.63, 3.8) is 0 Å². The van der Waals surface area contributed by atoms with E-state index in [4.69, 9.17) is 5.73 Å². The van der Waals surface area contributed by atoms with Gasteiger partial charge >= 0.3 is 0 Å². The molecule has 3 heteroatoms. The second-order valence-electron chi connectivity index (χ2n) is 3.23. The van der Waals surface area contributed by atoms with E-state index >= 15 is 0 Å². The zero-order valence-electron chi connectivity index (χ0n) is 7.40. The highest BCUT2D eigenvalue weighted by atomic mass is 32.1. The van der Waals surface area contributed by atoms with Gasteiger partial charge in [-0.1, -0.05) is 6.07 Å². The molecule has 0 fully saturated rings. The molecule has 0 unspecified atom stereocenters. The predicted octanol–water partition coefficient (Wildman–Crippen LogP) is 3.03. The van der Waals surface area contributed by atoms with E-state index in [0.717, 1.165) is 5.69 Å². The topological polar surface area (TPSA) is 38.9 Å². The summed E-state index contributed by atoms with van der Waals surface area (Å²) < 4.78 is 2.45. The van der Waals surface area contributed by atoms with E-state index in [1.807, 2.05) is 30.6 Å². The maximum atomic E-state index is 5.74. The summed E-state index contributed by atoms with van der Waals surface area (Å²) in [4.78, 5) is 4.11. The van der Waals surface area contributed by atoms with Crippen molar-refractivity contribution in [2.45, 2.75) is 0 Å². The maximum Gasteiger partial charge on any atom is 0.0538 e. The minimum absolute atomic E-state index is 0.817. The highest BCUT2D eigenvalue weighted by molar-refractivity contribution is 7.25. The molecule has 3 rings (SSSR count). The largest absolute Gasteiger partial charge is 0.399 e. The van der Waals surface area contributed by atoms with Gasteiger partial charge in [0.2, 0.25) is 0 Å². The monoisotopic (exact) mass is 200 g/mol. The van der Waals surface area contributed by atoms with Gasteiger partial charge in [-0.25, -0.2) is 0 Å². The molecule has 3 aromatic rings. The first kappa shape index (κ1) is 7.76. The van der Waals surface area contributed by atoms with Gasteiger partial charge in [0.1, 0.15) is 0 Å². The average molecular weight is 200 g/mol. The van der Waals surface area contributed by atoms with Crippen LogP contribution < -0.4 is 5.73 Å². The van der Waals surface area contributed by atoms with Crippen LogP contribution in [0, 0.1) is 0 Å². The molecule has 0 spiro atoms. The summed E-state index contributed by atoms with van der Waals surface area (Å²) in [6.07, 6.45) is 3.72. The van der Waals surface area contributed by atoms with E-state index in [2.05, 4.69) is 11.1 Å². The highest BCUT2D eigenvalue weighted by Gasteiger charge is 2.03. The minimum atomic E-state index is 0.817. The van der Waals surface area contributed by atoms with Gasteiger partial charge in [0.05, 0.1) is 4.70 Å². The number of nitrogens with zero attached hydrogens (tertiary/aromatic N) is 1. The maximum absolute atomic E-state index is 5.74. The fourth-order valence-electron chi connectivity index (χ4n) is 1.65. The van der Waals surface area contributed by atoms with E-state index in [9.17, 15) is 0 Å². The summed E-state index contributed by atoms with van der Waals surface area (Å²) in [7, 11) is 0. The first-order valence-electron chi connectivity index (χ1n) is 4.36. The first-order chi connectivity index (χ1) is 6.84. The third kappa shape index (κ3) is 0.992. The predicted molar refractivity (Wildman–Crippen MR) is 61.5 cm³/mol. The van der Waals surface area contributed by atoms with Crippen molar-refractivity contribution in [1.29, 1.82) is 0 Å². The number of pyridine rings is 1. The Kier molecular flexibility index (Phi) is 1.49. The Hall–Kier alpha value is -1.61. The molecule has 2 aromatic heterocycles. The van der Waals surface area contributed by atoms with Crippen LogP contribution in [0.5, 0.6) is 0 Å². The Morgan fingerprint density at radius 1 is 1.07 bits per heavy atom. The normalized spacial score (nSPS) is 11.1. The van der Waals surface area contributed by atoms with Gasteiger partial charge in [-0.2, -0.15) is 0 Å². The number of hydrogen-bond acceptors (Lipinski definition) is 3. The second kappa shape index (κ2) is 2.69. The van der Waals surface area contributed by atoms with Crippen molar-refractivity contribution in [1.82, 2.24) is 4.98 Å². The molecule has 2 nitrogen and oxygen atoms in total. The quantitative estimate of drug-likeness (QED) is 0.566. The van der Waals surface area contributed by atoms with Crippen molar-refractivity contribution in [2.75, 3.05) is 5.73 Å². The third-order valence-corrected chi connectivity index (χ3v) is 3.40. The molecule has 68 valence electrons. The third-order valence-electron chi connectivity index (χ3n) is 2.30. The van der Waals surface area contributed by atoms with Crippen LogP contribution in [-0.2, 0) is 0 Å². The summed E-state index contributed by atoms with van der Waals surface area (Å²) in [5.74, 6) is 0. The lowest BCUT2D eigenvalue weighted by Crippen LogP contribution is -1.80. The summed E-state index contributed by atoms with van der Waals surface area (Å²) in [6, 6.07) is 8.07. The van der Waals surface area contributed by atoms with Crippen LogP contribution in [0.15, 0.2) is 36.7 Å². The number of anilines is 1. The van der Waals surface area contributed by atoms with Crippen molar-refractivity contribution in [3.8, 4) is 0 Å². The van der Waals surface area contributed by atoms with E-state index in [0.29, 0.717) is 0 Å². The molecule has 0 aliphatic rings. The number of nitrogen functional groups attached to an aromatic ring is 1. The summed E-state index contributed by atoms with van der Waals surface area (Å²) in [6.45, 7) is 0. The molecule has 2 heterocycles. The lowest BCUT2D eigenvalue weighted by Gasteiger charge is -1.92. The molecule has 14 heavy (non-hydrogen) atoms. The Labute approximate surface area is 85.0 Å². The molecule has 1 aromatic carbocycles. The van der Waals surface area contributed by atoms with Crippen LogP contribution in [0.25, 0.3) is 20.2 Å². The molecule has 2 N–H and O–H groups in total. The van der Waals surface area contributed by atoms with Crippen molar-refractivity contribution in [2.24, 2.45) is 0 Å². The molecule has 0 aliphatic carbocycles. The van der Waals surface area contributed by atoms with Crippen LogP contribution in [-0.4, -0.2) is 4.98 Å². The number of hydrogen-bond donors (Lipinski definition) is 1.